The van der Waals surface area contributed by atoms with Gasteiger partial charge in [0, 0.05) is 57.1 Å². The van der Waals surface area contributed by atoms with Gasteiger partial charge in [-0.25, -0.2) is 18.0 Å². The van der Waals surface area contributed by atoms with Crippen LogP contribution in [0, 0.1) is 11.3 Å². The van der Waals surface area contributed by atoms with E-state index in [0.29, 0.717) is 37.7 Å². The lowest BCUT2D eigenvalue weighted by Gasteiger charge is -2.34. The quantitative estimate of drug-likeness (QED) is 0.322. The van der Waals surface area contributed by atoms with Crippen LogP contribution in [0.1, 0.15) is 76.8 Å². The molecule has 0 aliphatic carbocycles. The summed E-state index contributed by atoms with van der Waals surface area (Å²) in [6, 6.07) is 12.1. The van der Waals surface area contributed by atoms with E-state index in [4.69, 9.17) is 9.47 Å². The van der Waals surface area contributed by atoms with Gasteiger partial charge in [-0.3, -0.25) is 24.6 Å². The number of amides is 4. The monoisotopic (exact) mass is 748 g/mol. The summed E-state index contributed by atoms with van der Waals surface area (Å²) < 4.78 is 42.0. The standard InChI is InChI=1S/C37H48N8O7S/c1-24(51-32-21-29(8-6-27(32)22-38)53(49,50)44-17-12-28(13-18-44)39-36(48)52-37(2,3)4)23-43-15-10-25(11-16-43)26-7-9-30-31(20-26)42(5)41-34(30)45-19-14-33(46)40-35(45)47/h6-9,20-21,24-25,28H,10-19,23H2,1-5H3,(H,39,48)(H,40,46,47)/t24-/m1/s1. The average Bonchev–Trinajstić information content (AvgIpc) is 3.42. The van der Waals surface area contributed by atoms with Gasteiger partial charge in [0.05, 0.1) is 16.0 Å². The minimum atomic E-state index is -3.86. The highest BCUT2D eigenvalue weighted by Gasteiger charge is 2.32. The van der Waals surface area contributed by atoms with Gasteiger partial charge in [0.25, 0.3) is 0 Å². The van der Waals surface area contributed by atoms with E-state index in [2.05, 4.69) is 38.8 Å². The molecule has 2 aromatic carbocycles. The number of carbonyl (C=O) groups is 3. The third-order valence-electron chi connectivity index (χ3n) is 9.95. The Morgan fingerprint density at radius 2 is 1.77 bits per heavy atom. The molecule has 0 saturated carbocycles. The lowest BCUT2D eigenvalue weighted by molar-refractivity contribution is -0.120. The molecule has 284 valence electrons. The summed E-state index contributed by atoms with van der Waals surface area (Å²) in [5.74, 6) is 0.828. The number of anilines is 1. The summed E-state index contributed by atoms with van der Waals surface area (Å²) in [4.78, 5) is 40.2. The molecule has 3 aromatic rings. The molecule has 4 heterocycles. The number of nitriles is 1. The molecule has 0 unspecified atom stereocenters. The summed E-state index contributed by atoms with van der Waals surface area (Å²) >= 11 is 0. The molecule has 1 aromatic heterocycles. The number of rotatable bonds is 9. The maximum atomic E-state index is 13.6. The lowest BCUT2D eigenvalue weighted by Crippen LogP contribution is -2.49. The van der Waals surface area contributed by atoms with Crippen molar-refractivity contribution in [1.29, 1.82) is 5.26 Å². The summed E-state index contributed by atoms with van der Waals surface area (Å²) in [5.41, 5.74) is 1.76. The minimum Gasteiger partial charge on any atom is -0.488 e. The van der Waals surface area contributed by atoms with Crippen LogP contribution in [-0.2, 0) is 26.6 Å². The van der Waals surface area contributed by atoms with Gasteiger partial charge in [-0.1, -0.05) is 6.07 Å². The number of likely N-dealkylation sites (tertiary alicyclic amines) is 1. The molecule has 3 fully saturated rings. The van der Waals surface area contributed by atoms with Gasteiger partial charge >= 0.3 is 12.1 Å². The predicted molar refractivity (Wildman–Crippen MR) is 197 cm³/mol. The number of imide groups is 1. The molecule has 1 atom stereocenters. The summed E-state index contributed by atoms with van der Waals surface area (Å²) in [5, 5.41) is 20.5. The molecule has 4 amide bonds. The zero-order chi connectivity index (χ0) is 38.1. The van der Waals surface area contributed by atoms with Crippen molar-refractivity contribution in [2.75, 3.05) is 44.2 Å². The van der Waals surface area contributed by atoms with Gasteiger partial charge in [-0.05, 0) is 102 Å². The number of ether oxygens (including phenoxy) is 2. The van der Waals surface area contributed by atoms with E-state index >= 15 is 0 Å². The molecular formula is C37H48N8O7S. The van der Waals surface area contributed by atoms with E-state index in [9.17, 15) is 28.1 Å². The van der Waals surface area contributed by atoms with Gasteiger partial charge in [-0.15, -0.1) is 0 Å². The molecule has 0 bridgehead atoms. The van der Waals surface area contributed by atoms with Crippen molar-refractivity contribution in [3.8, 4) is 11.8 Å². The lowest BCUT2D eigenvalue weighted by atomic mass is 9.89. The second kappa shape index (κ2) is 15.3. The largest absolute Gasteiger partial charge is 0.488 e. The van der Waals surface area contributed by atoms with Crippen LogP contribution in [0.3, 0.4) is 0 Å². The van der Waals surface area contributed by atoms with Crippen LogP contribution in [0.2, 0.25) is 0 Å². The van der Waals surface area contributed by atoms with Crippen molar-refractivity contribution < 1.29 is 32.3 Å². The van der Waals surface area contributed by atoms with Crippen molar-refractivity contribution >= 4 is 44.8 Å². The number of nitrogens with zero attached hydrogens (tertiary/aromatic N) is 6. The van der Waals surface area contributed by atoms with Gasteiger partial charge < -0.3 is 14.8 Å². The fraction of sp³-hybridized carbons (Fsp3) is 0.541. The second-order valence-electron chi connectivity index (χ2n) is 15.1. The maximum absolute atomic E-state index is 13.6. The number of fused-ring (bicyclic) bond motifs is 1. The SMILES string of the molecule is C[C@H](CN1CCC(c2ccc3c(N4CCC(=O)NC4=O)nn(C)c3c2)CC1)Oc1cc(S(=O)(=O)N2CCC(NC(=O)OC(C)(C)C)CC2)ccc1C#N. The highest BCUT2D eigenvalue weighted by Crippen LogP contribution is 2.34. The van der Waals surface area contributed by atoms with E-state index in [0.717, 1.165) is 36.8 Å². The van der Waals surface area contributed by atoms with Crippen molar-refractivity contribution in [2.45, 2.75) is 88.4 Å². The van der Waals surface area contributed by atoms with Gasteiger partial charge in [0.15, 0.2) is 5.82 Å². The van der Waals surface area contributed by atoms with Crippen LogP contribution in [-0.4, -0.2) is 102 Å². The molecule has 15 nitrogen and oxygen atoms in total. The van der Waals surface area contributed by atoms with Crippen molar-refractivity contribution in [1.82, 2.24) is 29.6 Å². The van der Waals surface area contributed by atoms with Crippen LogP contribution in [0.4, 0.5) is 15.4 Å². The van der Waals surface area contributed by atoms with Gasteiger partial charge in [0.2, 0.25) is 15.9 Å². The number of benzene rings is 2. The van der Waals surface area contributed by atoms with Crippen LogP contribution >= 0.6 is 0 Å². The number of aromatic nitrogens is 2. The van der Waals surface area contributed by atoms with Crippen LogP contribution < -0.4 is 20.3 Å². The molecule has 3 aliphatic rings. The Bertz CT molecular complexity index is 2020. The topological polar surface area (TPSA) is 179 Å². The number of urea groups is 1. The summed E-state index contributed by atoms with van der Waals surface area (Å²) in [6.45, 7) is 10.3. The highest BCUT2D eigenvalue weighted by atomic mass is 32.2. The Morgan fingerprint density at radius 1 is 1.06 bits per heavy atom. The number of aryl methyl sites for hydroxylation is 1. The first-order valence-electron chi connectivity index (χ1n) is 18.1. The molecule has 3 saturated heterocycles. The van der Waals surface area contributed by atoms with E-state index in [1.165, 1.54) is 33.0 Å². The van der Waals surface area contributed by atoms with E-state index in [1.807, 2.05) is 20.0 Å². The zero-order valence-electron chi connectivity index (χ0n) is 30.9. The van der Waals surface area contributed by atoms with Crippen LogP contribution in [0.15, 0.2) is 41.3 Å². The fourth-order valence-corrected chi connectivity index (χ4v) is 8.74. The number of hydrogen-bond acceptors (Lipinski definition) is 10. The molecule has 53 heavy (non-hydrogen) atoms. The third kappa shape index (κ3) is 8.75. The Kier molecular flexibility index (Phi) is 11.0. The third-order valence-corrected chi connectivity index (χ3v) is 11.8. The minimum absolute atomic E-state index is 0.0601. The van der Waals surface area contributed by atoms with E-state index in [1.54, 1.807) is 25.5 Å². The van der Waals surface area contributed by atoms with Crippen LogP contribution in [0.25, 0.3) is 10.9 Å². The highest BCUT2D eigenvalue weighted by molar-refractivity contribution is 7.89. The molecule has 6 rings (SSSR count). The molecule has 3 aliphatic heterocycles. The number of nitrogens with one attached hydrogen (secondary N) is 2. The van der Waals surface area contributed by atoms with Crippen molar-refractivity contribution in [2.24, 2.45) is 7.05 Å². The first-order chi connectivity index (χ1) is 25.1. The van der Waals surface area contributed by atoms with Gasteiger partial charge in [0.1, 0.15) is 23.5 Å². The maximum Gasteiger partial charge on any atom is 0.407 e. The molecule has 0 radical (unpaired) electrons. The number of alkyl carbamates (subject to hydrolysis) is 1. The number of carbonyl (C=O) groups excluding carboxylic acids is 3. The Morgan fingerprint density at radius 3 is 2.43 bits per heavy atom. The average molecular weight is 749 g/mol. The normalized spacial score (nSPS) is 19.1. The Labute approximate surface area is 310 Å². The number of piperidine rings is 2. The smallest absolute Gasteiger partial charge is 0.407 e. The Balaban J connectivity index is 1.03. The molecule has 16 heteroatoms. The number of hydrogen-bond donors (Lipinski definition) is 2. The van der Waals surface area contributed by atoms with E-state index in [-0.39, 0.29) is 53.8 Å². The zero-order valence-corrected chi connectivity index (χ0v) is 31.7. The Hall–Kier alpha value is -4.72. The first kappa shape index (κ1) is 38.0. The molecular weight excluding hydrogens is 701 g/mol. The first-order valence-corrected chi connectivity index (χ1v) is 19.6. The number of sulfonamides is 1. The molecule has 2 N–H and O–H groups in total. The van der Waals surface area contributed by atoms with Crippen LogP contribution in [0.5, 0.6) is 5.75 Å². The molecule has 0 spiro atoms. The van der Waals surface area contributed by atoms with Gasteiger partial charge in [-0.2, -0.15) is 14.7 Å². The van der Waals surface area contributed by atoms with Crippen molar-refractivity contribution in [3.05, 3.63) is 47.5 Å². The predicted octanol–water partition coefficient (Wildman–Crippen LogP) is 4.22. The fourth-order valence-electron chi connectivity index (χ4n) is 7.26. The van der Waals surface area contributed by atoms with Crippen molar-refractivity contribution in [3.63, 3.8) is 0 Å². The van der Waals surface area contributed by atoms with E-state index < -0.39 is 27.7 Å². The second-order valence-corrected chi connectivity index (χ2v) is 17.0. The summed E-state index contributed by atoms with van der Waals surface area (Å²) in [6.07, 6.45) is 2.17. The summed E-state index contributed by atoms with van der Waals surface area (Å²) in [7, 11) is -2.01.